The summed E-state index contributed by atoms with van der Waals surface area (Å²) in [6, 6.07) is 8.25. The molecule has 88 valence electrons. The second-order valence-corrected chi connectivity index (χ2v) is 3.95. The highest BCUT2D eigenvalue weighted by molar-refractivity contribution is 5.37. The molecule has 0 fully saturated rings. The molecule has 0 aliphatic carbocycles. The van der Waals surface area contributed by atoms with Gasteiger partial charge >= 0.3 is 0 Å². The zero-order valence-electron chi connectivity index (χ0n) is 9.74. The van der Waals surface area contributed by atoms with Crippen molar-refractivity contribution < 1.29 is 9.47 Å². The monoisotopic (exact) mass is 221 g/mol. The SMILES string of the molecule is CCOCCNCC1Cc2ccccc2O1. The summed E-state index contributed by atoms with van der Waals surface area (Å²) in [5, 5.41) is 3.35. The van der Waals surface area contributed by atoms with Crippen LogP contribution in [-0.4, -0.2) is 32.4 Å². The lowest BCUT2D eigenvalue weighted by Gasteiger charge is -2.11. The van der Waals surface area contributed by atoms with Gasteiger partial charge in [0.1, 0.15) is 11.9 Å². The molecule has 1 aliphatic heterocycles. The molecule has 0 radical (unpaired) electrons. The minimum atomic E-state index is 0.277. The van der Waals surface area contributed by atoms with Crippen LogP contribution in [-0.2, 0) is 11.2 Å². The van der Waals surface area contributed by atoms with E-state index in [0.29, 0.717) is 0 Å². The summed E-state index contributed by atoms with van der Waals surface area (Å²) < 4.78 is 11.1. The van der Waals surface area contributed by atoms with E-state index in [2.05, 4.69) is 17.4 Å². The van der Waals surface area contributed by atoms with E-state index >= 15 is 0 Å². The summed E-state index contributed by atoms with van der Waals surface area (Å²) >= 11 is 0. The Kier molecular flexibility index (Phi) is 4.19. The third-order valence-electron chi connectivity index (χ3n) is 2.71. The van der Waals surface area contributed by atoms with Gasteiger partial charge in [0.25, 0.3) is 0 Å². The van der Waals surface area contributed by atoms with E-state index in [1.54, 1.807) is 0 Å². The Morgan fingerprint density at radius 3 is 3.12 bits per heavy atom. The number of fused-ring (bicyclic) bond motifs is 1. The number of rotatable bonds is 6. The molecule has 1 aliphatic rings. The van der Waals surface area contributed by atoms with Crippen LogP contribution >= 0.6 is 0 Å². The van der Waals surface area contributed by atoms with Crippen LogP contribution in [0, 0.1) is 0 Å². The maximum atomic E-state index is 5.81. The molecule has 1 N–H and O–H groups in total. The number of hydrogen-bond donors (Lipinski definition) is 1. The van der Waals surface area contributed by atoms with Crippen LogP contribution in [0.25, 0.3) is 0 Å². The normalized spacial score (nSPS) is 18.2. The van der Waals surface area contributed by atoms with Gasteiger partial charge < -0.3 is 14.8 Å². The first kappa shape index (κ1) is 11.4. The molecule has 0 spiro atoms. The van der Waals surface area contributed by atoms with Gasteiger partial charge in [-0.2, -0.15) is 0 Å². The maximum absolute atomic E-state index is 5.81. The Labute approximate surface area is 96.8 Å². The predicted molar refractivity (Wildman–Crippen MR) is 63.9 cm³/mol. The molecule has 3 heteroatoms. The molecular weight excluding hydrogens is 202 g/mol. The number of hydrogen-bond acceptors (Lipinski definition) is 3. The Morgan fingerprint density at radius 1 is 1.44 bits per heavy atom. The zero-order chi connectivity index (χ0) is 11.2. The summed E-state index contributed by atoms with van der Waals surface area (Å²) in [4.78, 5) is 0. The Bertz CT molecular complexity index is 302. The largest absolute Gasteiger partial charge is 0.488 e. The molecular formula is C13H19NO2. The molecule has 2 rings (SSSR count). The minimum absolute atomic E-state index is 0.277. The van der Waals surface area contributed by atoms with E-state index in [-0.39, 0.29) is 6.10 Å². The summed E-state index contributed by atoms with van der Waals surface area (Å²) in [6.45, 7) is 5.35. The number of para-hydroxylation sites is 1. The van der Waals surface area contributed by atoms with Crippen molar-refractivity contribution >= 4 is 0 Å². The zero-order valence-corrected chi connectivity index (χ0v) is 9.74. The molecule has 0 amide bonds. The van der Waals surface area contributed by atoms with Crippen LogP contribution in [0.4, 0.5) is 0 Å². The third-order valence-corrected chi connectivity index (χ3v) is 2.71. The lowest BCUT2D eigenvalue weighted by molar-refractivity contribution is 0.145. The molecule has 1 unspecified atom stereocenters. The lowest BCUT2D eigenvalue weighted by Crippen LogP contribution is -2.32. The van der Waals surface area contributed by atoms with E-state index in [0.717, 1.165) is 38.5 Å². The van der Waals surface area contributed by atoms with Gasteiger partial charge in [-0.05, 0) is 18.6 Å². The van der Waals surface area contributed by atoms with Crippen LogP contribution in [0.1, 0.15) is 12.5 Å². The van der Waals surface area contributed by atoms with Crippen molar-refractivity contribution in [1.82, 2.24) is 5.32 Å². The van der Waals surface area contributed by atoms with Gasteiger partial charge in [-0.1, -0.05) is 18.2 Å². The molecule has 3 nitrogen and oxygen atoms in total. The van der Waals surface area contributed by atoms with Crippen molar-refractivity contribution in [2.45, 2.75) is 19.4 Å². The lowest BCUT2D eigenvalue weighted by atomic mass is 10.1. The van der Waals surface area contributed by atoms with Gasteiger partial charge in [0, 0.05) is 26.1 Å². The summed E-state index contributed by atoms with van der Waals surface area (Å²) in [5.74, 6) is 1.04. The first-order valence-corrected chi connectivity index (χ1v) is 5.93. The number of ether oxygens (including phenoxy) is 2. The fraction of sp³-hybridized carbons (Fsp3) is 0.538. The van der Waals surface area contributed by atoms with Crippen molar-refractivity contribution in [1.29, 1.82) is 0 Å². The van der Waals surface area contributed by atoms with Crippen LogP contribution in [0.5, 0.6) is 5.75 Å². The Morgan fingerprint density at radius 2 is 2.31 bits per heavy atom. The van der Waals surface area contributed by atoms with Crippen molar-refractivity contribution in [3.05, 3.63) is 29.8 Å². The summed E-state index contributed by atoms with van der Waals surface area (Å²) in [6.07, 6.45) is 1.29. The number of nitrogens with one attached hydrogen (secondary N) is 1. The van der Waals surface area contributed by atoms with Crippen molar-refractivity contribution in [3.8, 4) is 5.75 Å². The number of benzene rings is 1. The fourth-order valence-electron chi connectivity index (χ4n) is 1.92. The summed E-state index contributed by atoms with van der Waals surface area (Å²) in [5.41, 5.74) is 1.32. The van der Waals surface area contributed by atoms with Crippen molar-refractivity contribution in [2.24, 2.45) is 0 Å². The molecule has 1 heterocycles. The molecule has 0 saturated carbocycles. The molecule has 0 bridgehead atoms. The average molecular weight is 221 g/mol. The van der Waals surface area contributed by atoms with E-state index in [4.69, 9.17) is 9.47 Å². The highest BCUT2D eigenvalue weighted by Crippen LogP contribution is 2.27. The first-order valence-electron chi connectivity index (χ1n) is 5.93. The van der Waals surface area contributed by atoms with Crippen LogP contribution in [0.15, 0.2) is 24.3 Å². The van der Waals surface area contributed by atoms with Gasteiger partial charge in [-0.3, -0.25) is 0 Å². The minimum Gasteiger partial charge on any atom is -0.488 e. The topological polar surface area (TPSA) is 30.5 Å². The predicted octanol–water partition coefficient (Wildman–Crippen LogP) is 1.62. The van der Waals surface area contributed by atoms with E-state index in [9.17, 15) is 0 Å². The molecule has 1 aromatic rings. The standard InChI is InChI=1S/C13H19NO2/c1-2-15-8-7-14-10-12-9-11-5-3-4-6-13(11)16-12/h3-6,12,14H,2,7-10H2,1H3. The van der Waals surface area contributed by atoms with Crippen LogP contribution in [0.2, 0.25) is 0 Å². The first-order chi connectivity index (χ1) is 7.90. The van der Waals surface area contributed by atoms with E-state index in [1.165, 1.54) is 5.56 Å². The smallest absolute Gasteiger partial charge is 0.123 e. The van der Waals surface area contributed by atoms with E-state index in [1.807, 2.05) is 19.1 Å². The highest BCUT2D eigenvalue weighted by Gasteiger charge is 2.21. The second kappa shape index (κ2) is 5.87. The van der Waals surface area contributed by atoms with Gasteiger partial charge in [0.15, 0.2) is 0 Å². The van der Waals surface area contributed by atoms with Gasteiger partial charge in [-0.25, -0.2) is 0 Å². The third kappa shape index (κ3) is 2.97. The highest BCUT2D eigenvalue weighted by atomic mass is 16.5. The Hall–Kier alpha value is -1.06. The molecule has 0 saturated heterocycles. The molecule has 0 aromatic heterocycles. The average Bonchev–Trinajstić information content (AvgIpc) is 2.71. The fourth-order valence-corrected chi connectivity index (χ4v) is 1.92. The van der Waals surface area contributed by atoms with Gasteiger partial charge in [0.2, 0.25) is 0 Å². The van der Waals surface area contributed by atoms with Crippen LogP contribution < -0.4 is 10.1 Å². The quantitative estimate of drug-likeness (QED) is 0.740. The van der Waals surface area contributed by atoms with Crippen LogP contribution in [0.3, 0.4) is 0 Å². The molecule has 1 aromatic carbocycles. The molecule has 16 heavy (non-hydrogen) atoms. The Balaban J connectivity index is 1.67. The van der Waals surface area contributed by atoms with E-state index < -0.39 is 0 Å². The van der Waals surface area contributed by atoms with Crippen molar-refractivity contribution in [3.63, 3.8) is 0 Å². The van der Waals surface area contributed by atoms with Gasteiger partial charge in [0.05, 0.1) is 6.61 Å². The molecule has 1 atom stereocenters. The van der Waals surface area contributed by atoms with Gasteiger partial charge in [-0.15, -0.1) is 0 Å². The second-order valence-electron chi connectivity index (χ2n) is 3.95. The van der Waals surface area contributed by atoms with Crippen molar-refractivity contribution in [2.75, 3.05) is 26.3 Å². The summed E-state index contributed by atoms with van der Waals surface area (Å²) in [7, 11) is 0. The maximum Gasteiger partial charge on any atom is 0.123 e.